The number of benzene rings is 2. The molecule has 4 nitrogen and oxygen atoms in total. The van der Waals surface area contributed by atoms with Crippen molar-refractivity contribution in [2.45, 2.75) is 0 Å². The standard InChI is InChI=1S/C14H9F2N3O/c15-9-5-3-7-11(12(9)16)20-13-8-4-1-2-6-10(8)18-14(17)19-13/h1-7H,(H2,17,18,19). The van der Waals surface area contributed by atoms with Gasteiger partial charge in [0.25, 0.3) is 0 Å². The van der Waals surface area contributed by atoms with Gasteiger partial charge < -0.3 is 10.5 Å². The average Bonchev–Trinajstić information content (AvgIpc) is 2.43. The van der Waals surface area contributed by atoms with E-state index in [1.165, 1.54) is 12.1 Å². The van der Waals surface area contributed by atoms with Gasteiger partial charge in [0, 0.05) is 0 Å². The molecule has 0 fully saturated rings. The second kappa shape index (κ2) is 4.73. The van der Waals surface area contributed by atoms with Crippen LogP contribution in [0.5, 0.6) is 11.6 Å². The number of halogens is 2. The molecule has 0 aliphatic heterocycles. The summed E-state index contributed by atoms with van der Waals surface area (Å²) in [5, 5.41) is 0.561. The van der Waals surface area contributed by atoms with Gasteiger partial charge >= 0.3 is 0 Å². The zero-order chi connectivity index (χ0) is 14.1. The second-order valence-electron chi connectivity index (χ2n) is 4.06. The first-order valence-corrected chi connectivity index (χ1v) is 5.79. The number of ether oxygens (including phenoxy) is 1. The number of fused-ring (bicyclic) bond motifs is 1. The fourth-order valence-electron chi connectivity index (χ4n) is 1.81. The van der Waals surface area contributed by atoms with E-state index in [0.717, 1.165) is 6.07 Å². The molecule has 1 aromatic heterocycles. The zero-order valence-corrected chi connectivity index (χ0v) is 10.2. The zero-order valence-electron chi connectivity index (χ0n) is 10.2. The van der Waals surface area contributed by atoms with Crippen LogP contribution in [-0.2, 0) is 0 Å². The third kappa shape index (κ3) is 2.11. The largest absolute Gasteiger partial charge is 0.435 e. The van der Waals surface area contributed by atoms with Crippen molar-refractivity contribution < 1.29 is 13.5 Å². The molecule has 6 heteroatoms. The van der Waals surface area contributed by atoms with E-state index in [1.54, 1.807) is 24.3 Å². The fraction of sp³-hybridized carbons (Fsp3) is 0. The van der Waals surface area contributed by atoms with Gasteiger partial charge in [-0.15, -0.1) is 0 Å². The molecular formula is C14H9F2N3O. The molecule has 3 aromatic rings. The van der Waals surface area contributed by atoms with E-state index in [9.17, 15) is 8.78 Å². The molecule has 0 spiro atoms. The molecule has 3 rings (SSSR count). The number of aromatic nitrogens is 2. The Labute approximate surface area is 112 Å². The highest BCUT2D eigenvalue weighted by molar-refractivity contribution is 5.84. The van der Waals surface area contributed by atoms with Crippen molar-refractivity contribution in [1.29, 1.82) is 0 Å². The quantitative estimate of drug-likeness (QED) is 0.778. The van der Waals surface area contributed by atoms with E-state index >= 15 is 0 Å². The molecule has 0 saturated carbocycles. The SMILES string of the molecule is Nc1nc(Oc2cccc(F)c2F)c2ccccc2n1. The Hall–Kier alpha value is -2.76. The smallest absolute Gasteiger partial charge is 0.232 e. The number of hydrogen-bond acceptors (Lipinski definition) is 4. The Balaban J connectivity index is 2.13. The van der Waals surface area contributed by atoms with Crippen LogP contribution < -0.4 is 10.5 Å². The number of nitrogens with two attached hydrogens (primary N) is 1. The summed E-state index contributed by atoms with van der Waals surface area (Å²) < 4.78 is 32.1. The molecule has 20 heavy (non-hydrogen) atoms. The fourth-order valence-corrected chi connectivity index (χ4v) is 1.81. The summed E-state index contributed by atoms with van der Waals surface area (Å²) in [6, 6.07) is 10.6. The molecule has 0 amide bonds. The molecule has 2 N–H and O–H groups in total. The molecule has 0 bridgehead atoms. The Kier molecular flexibility index (Phi) is 2.90. The van der Waals surface area contributed by atoms with Gasteiger partial charge in [-0.25, -0.2) is 9.37 Å². The molecule has 1 heterocycles. The van der Waals surface area contributed by atoms with Crippen LogP contribution in [0.4, 0.5) is 14.7 Å². The van der Waals surface area contributed by atoms with E-state index in [4.69, 9.17) is 10.5 Å². The first-order chi connectivity index (χ1) is 9.65. The van der Waals surface area contributed by atoms with Crippen molar-refractivity contribution in [3.8, 4) is 11.6 Å². The Bertz CT molecular complexity index is 792. The van der Waals surface area contributed by atoms with Gasteiger partial charge in [-0.1, -0.05) is 18.2 Å². The lowest BCUT2D eigenvalue weighted by molar-refractivity contribution is 0.409. The number of nitrogen functional groups attached to an aromatic ring is 1. The molecular weight excluding hydrogens is 264 g/mol. The summed E-state index contributed by atoms with van der Waals surface area (Å²) in [6.45, 7) is 0. The Morgan fingerprint density at radius 3 is 2.60 bits per heavy atom. The Morgan fingerprint density at radius 2 is 1.75 bits per heavy atom. The molecule has 0 radical (unpaired) electrons. The van der Waals surface area contributed by atoms with Crippen molar-refractivity contribution in [2.24, 2.45) is 0 Å². The van der Waals surface area contributed by atoms with Crippen molar-refractivity contribution in [3.05, 3.63) is 54.1 Å². The van der Waals surface area contributed by atoms with Crippen LogP contribution in [0.25, 0.3) is 10.9 Å². The molecule has 0 atom stereocenters. The van der Waals surface area contributed by atoms with E-state index in [0.29, 0.717) is 10.9 Å². The molecule has 2 aromatic carbocycles. The first-order valence-electron chi connectivity index (χ1n) is 5.79. The maximum atomic E-state index is 13.6. The number of nitrogens with zero attached hydrogens (tertiary/aromatic N) is 2. The van der Waals surface area contributed by atoms with Gasteiger partial charge in [0.05, 0.1) is 10.9 Å². The minimum absolute atomic E-state index is 0.00416. The lowest BCUT2D eigenvalue weighted by atomic mass is 10.2. The highest BCUT2D eigenvalue weighted by atomic mass is 19.2. The van der Waals surface area contributed by atoms with Gasteiger partial charge in [0.2, 0.25) is 17.6 Å². The van der Waals surface area contributed by atoms with E-state index in [1.807, 2.05) is 0 Å². The normalized spacial score (nSPS) is 10.7. The molecule has 0 aliphatic rings. The summed E-state index contributed by atoms with van der Waals surface area (Å²) in [4.78, 5) is 7.96. The topological polar surface area (TPSA) is 61.0 Å². The number of hydrogen-bond donors (Lipinski definition) is 1. The molecule has 0 saturated heterocycles. The molecule has 100 valence electrons. The minimum Gasteiger partial charge on any atom is -0.435 e. The van der Waals surface area contributed by atoms with Gasteiger partial charge in [-0.05, 0) is 24.3 Å². The number of para-hydroxylation sites is 1. The van der Waals surface area contributed by atoms with Gasteiger partial charge in [0.15, 0.2) is 11.6 Å². The third-order valence-corrected chi connectivity index (χ3v) is 2.71. The van der Waals surface area contributed by atoms with Crippen molar-refractivity contribution in [2.75, 3.05) is 5.73 Å². The number of rotatable bonds is 2. The third-order valence-electron chi connectivity index (χ3n) is 2.71. The summed E-state index contributed by atoms with van der Waals surface area (Å²) in [5.41, 5.74) is 6.14. The summed E-state index contributed by atoms with van der Waals surface area (Å²) in [6.07, 6.45) is 0. The van der Waals surface area contributed by atoms with Crippen molar-refractivity contribution in [1.82, 2.24) is 9.97 Å². The van der Waals surface area contributed by atoms with Crippen molar-refractivity contribution in [3.63, 3.8) is 0 Å². The van der Waals surface area contributed by atoms with Crippen LogP contribution in [0.2, 0.25) is 0 Å². The summed E-state index contributed by atoms with van der Waals surface area (Å²) in [5.74, 6) is -2.25. The summed E-state index contributed by atoms with van der Waals surface area (Å²) in [7, 11) is 0. The first kappa shape index (κ1) is 12.3. The van der Waals surface area contributed by atoms with E-state index in [2.05, 4.69) is 9.97 Å². The van der Waals surface area contributed by atoms with E-state index in [-0.39, 0.29) is 17.6 Å². The highest BCUT2D eigenvalue weighted by Gasteiger charge is 2.13. The van der Waals surface area contributed by atoms with Gasteiger partial charge in [-0.2, -0.15) is 9.37 Å². The highest BCUT2D eigenvalue weighted by Crippen LogP contribution is 2.30. The number of anilines is 1. The summed E-state index contributed by atoms with van der Waals surface area (Å²) >= 11 is 0. The van der Waals surface area contributed by atoms with Crippen LogP contribution in [0.3, 0.4) is 0 Å². The van der Waals surface area contributed by atoms with Crippen LogP contribution in [-0.4, -0.2) is 9.97 Å². The minimum atomic E-state index is -1.08. The molecule has 0 unspecified atom stereocenters. The van der Waals surface area contributed by atoms with Gasteiger partial charge in [-0.3, -0.25) is 0 Å². The van der Waals surface area contributed by atoms with Crippen molar-refractivity contribution >= 4 is 16.9 Å². The Morgan fingerprint density at radius 1 is 0.950 bits per heavy atom. The van der Waals surface area contributed by atoms with Gasteiger partial charge in [0.1, 0.15) is 0 Å². The van der Waals surface area contributed by atoms with Crippen LogP contribution in [0.1, 0.15) is 0 Å². The van der Waals surface area contributed by atoms with Crippen LogP contribution in [0, 0.1) is 11.6 Å². The average molecular weight is 273 g/mol. The monoisotopic (exact) mass is 273 g/mol. The van der Waals surface area contributed by atoms with Crippen LogP contribution in [0.15, 0.2) is 42.5 Å². The second-order valence-corrected chi connectivity index (χ2v) is 4.06. The van der Waals surface area contributed by atoms with Crippen LogP contribution >= 0.6 is 0 Å². The molecule has 0 aliphatic carbocycles. The predicted molar refractivity (Wildman–Crippen MR) is 70.4 cm³/mol. The lowest BCUT2D eigenvalue weighted by Crippen LogP contribution is -2.00. The lowest BCUT2D eigenvalue weighted by Gasteiger charge is -2.09. The predicted octanol–water partition coefficient (Wildman–Crippen LogP) is 3.28. The van der Waals surface area contributed by atoms with E-state index < -0.39 is 11.6 Å². The maximum absolute atomic E-state index is 13.6. The maximum Gasteiger partial charge on any atom is 0.232 e.